The number of nitrogens with zero attached hydrogens (tertiary/aromatic N) is 5. The fraction of sp³-hybridized carbons (Fsp3) is 0.333. The second kappa shape index (κ2) is 7.32. The number of nitro groups is 1. The van der Waals surface area contributed by atoms with Crippen LogP contribution in [0.1, 0.15) is 10.4 Å². The summed E-state index contributed by atoms with van der Waals surface area (Å²) >= 11 is 1.60. The van der Waals surface area contributed by atoms with Crippen LogP contribution in [0, 0.1) is 24.0 Å². The summed E-state index contributed by atoms with van der Waals surface area (Å²) in [4.78, 5) is 23.3. The summed E-state index contributed by atoms with van der Waals surface area (Å²) in [7, 11) is -3.82. The molecule has 3 heterocycles. The number of non-ortho nitro benzene ring substituents is 1. The third-order valence-electron chi connectivity index (χ3n) is 4.97. The van der Waals surface area contributed by atoms with Crippen molar-refractivity contribution in [2.45, 2.75) is 18.7 Å². The van der Waals surface area contributed by atoms with Gasteiger partial charge >= 0.3 is 0 Å². The monoisotopic (exact) mass is 433 g/mol. The maximum atomic E-state index is 13.1. The molecule has 11 heteroatoms. The first-order valence-electron chi connectivity index (χ1n) is 8.98. The Labute approximate surface area is 171 Å². The van der Waals surface area contributed by atoms with Crippen molar-refractivity contribution in [1.29, 1.82) is 0 Å². The molecule has 1 aromatic carbocycles. The van der Waals surface area contributed by atoms with E-state index in [1.165, 1.54) is 22.8 Å². The van der Waals surface area contributed by atoms with Gasteiger partial charge in [-0.1, -0.05) is 6.07 Å². The number of piperazine rings is 1. The second-order valence-electron chi connectivity index (χ2n) is 6.87. The Morgan fingerprint density at radius 1 is 1.10 bits per heavy atom. The van der Waals surface area contributed by atoms with E-state index in [2.05, 4.69) is 14.9 Å². The molecule has 0 radical (unpaired) electrons. The molecule has 2 aromatic heterocycles. The summed E-state index contributed by atoms with van der Waals surface area (Å²) in [5.74, 6) is 0.808. The summed E-state index contributed by atoms with van der Waals surface area (Å²) in [6.45, 7) is 5.17. The predicted molar refractivity (Wildman–Crippen MR) is 111 cm³/mol. The number of hydrogen-bond donors (Lipinski definition) is 0. The van der Waals surface area contributed by atoms with Gasteiger partial charge in [0.2, 0.25) is 10.0 Å². The predicted octanol–water partition coefficient (Wildman–Crippen LogP) is 2.73. The number of anilines is 1. The van der Waals surface area contributed by atoms with Crippen molar-refractivity contribution in [2.75, 3.05) is 31.1 Å². The number of benzene rings is 1. The van der Waals surface area contributed by atoms with Gasteiger partial charge < -0.3 is 4.90 Å². The highest BCUT2D eigenvalue weighted by atomic mass is 32.2. The largest absolute Gasteiger partial charge is 0.353 e. The Hall–Kier alpha value is -2.63. The van der Waals surface area contributed by atoms with E-state index in [0.717, 1.165) is 27.0 Å². The topological polar surface area (TPSA) is 110 Å². The van der Waals surface area contributed by atoms with E-state index in [0.29, 0.717) is 18.7 Å². The van der Waals surface area contributed by atoms with Crippen LogP contribution >= 0.6 is 11.3 Å². The van der Waals surface area contributed by atoms with Crippen LogP contribution in [0.3, 0.4) is 0 Å². The Balaban J connectivity index is 1.58. The fourth-order valence-electron chi connectivity index (χ4n) is 3.48. The van der Waals surface area contributed by atoms with Gasteiger partial charge in [-0.05, 0) is 25.5 Å². The lowest BCUT2D eigenvalue weighted by Crippen LogP contribution is -2.49. The Bertz CT molecular complexity index is 1200. The summed E-state index contributed by atoms with van der Waals surface area (Å²) in [5, 5.41) is 12.0. The molecule has 0 amide bonds. The van der Waals surface area contributed by atoms with Crippen LogP contribution in [0.15, 0.2) is 35.5 Å². The van der Waals surface area contributed by atoms with Crippen molar-refractivity contribution in [2.24, 2.45) is 0 Å². The number of fused-ring (bicyclic) bond motifs is 1. The molecule has 0 atom stereocenters. The third-order valence-corrected chi connectivity index (χ3v) is 7.97. The summed E-state index contributed by atoms with van der Waals surface area (Å²) in [5.41, 5.74) is 0.258. The standard InChI is InChI=1S/C18H19N5O4S2/c1-12-3-4-14(23(24)25)10-16(12)29(26,27)22-7-5-21(6-8-22)17-15-9-13(2)28-18(15)20-11-19-17/h3-4,9-11H,5-8H2,1-2H3. The molecule has 29 heavy (non-hydrogen) atoms. The van der Waals surface area contributed by atoms with Gasteiger partial charge in [-0.3, -0.25) is 10.1 Å². The zero-order valence-electron chi connectivity index (χ0n) is 15.9. The summed E-state index contributed by atoms with van der Waals surface area (Å²) < 4.78 is 27.6. The molecule has 1 saturated heterocycles. The molecule has 9 nitrogen and oxygen atoms in total. The number of sulfonamides is 1. The van der Waals surface area contributed by atoms with Gasteiger partial charge in [0.05, 0.1) is 15.2 Å². The van der Waals surface area contributed by atoms with E-state index >= 15 is 0 Å². The molecule has 0 saturated carbocycles. The SMILES string of the molecule is Cc1cc2c(N3CCN(S(=O)(=O)c4cc([N+](=O)[O-])ccc4C)CC3)ncnc2s1. The van der Waals surface area contributed by atoms with Crippen LogP contribution in [0.4, 0.5) is 11.5 Å². The lowest BCUT2D eigenvalue weighted by Gasteiger charge is -2.35. The first kappa shape index (κ1) is 19.7. The van der Waals surface area contributed by atoms with Crippen LogP contribution in [0.5, 0.6) is 0 Å². The lowest BCUT2D eigenvalue weighted by molar-refractivity contribution is -0.385. The third kappa shape index (κ3) is 3.56. The van der Waals surface area contributed by atoms with E-state index in [1.807, 2.05) is 13.0 Å². The molecule has 0 N–H and O–H groups in total. The maximum absolute atomic E-state index is 13.1. The molecule has 0 unspecified atom stereocenters. The average Bonchev–Trinajstić information content (AvgIpc) is 3.08. The van der Waals surface area contributed by atoms with E-state index in [4.69, 9.17) is 0 Å². The van der Waals surface area contributed by atoms with Crippen molar-refractivity contribution < 1.29 is 13.3 Å². The minimum absolute atomic E-state index is 0.0157. The molecule has 4 rings (SSSR count). The van der Waals surface area contributed by atoms with Crippen molar-refractivity contribution in [3.8, 4) is 0 Å². The van der Waals surface area contributed by atoms with Gasteiger partial charge in [-0.15, -0.1) is 11.3 Å². The fourth-order valence-corrected chi connectivity index (χ4v) is 5.98. The van der Waals surface area contributed by atoms with Gasteiger partial charge in [0, 0.05) is 43.2 Å². The first-order valence-corrected chi connectivity index (χ1v) is 11.2. The number of rotatable bonds is 4. The Morgan fingerprint density at radius 3 is 2.52 bits per heavy atom. The molecular formula is C18H19N5O4S2. The minimum atomic E-state index is -3.82. The zero-order chi connectivity index (χ0) is 20.8. The van der Waals surface area contributed by atoms with Crippen LogP contribution in [0.2, 0.25) is 0 Å². The minimum Gasteiger partial charge on any atom is -0.353 e. The molecule has 0 spiro atoms. The van der Waals surface area contributed by atoms with Crippen LogP contribution in [0.25, 0.3) is 10.2 Å². The van der Waals surface area contributed by atoms with Gasteiger partial charge in [0.1, 0.15) is 17.0 Å². The van der Waals surface area contributed by atoms with Crippen molar-refractivity contribution in [1.82, 2.24) is 14.3 Å². The molecule has 0 aliphatic carbocycles. The summed E-state index contributed by atoms with van der Waals surface area (Å²) in [6.07, 6.45) is 1.53. The normalized spacial score (nSPS) is 15.7. The maximum Gasteiger partial charge on any atom is 0.270 e. The highest BCUT2D eigenvalue weighted by Crippen LogP contribution is 2.31. The average molecular weight is 434 g/mol. The van der Waals surface area contributed by atoms with Crippen molar-refractivity contribution in [3.63, 3.8) is 0 Å². The quantitative estimate of drug-likeness (QED) is 0.460. The van der Waals surface area contributed by atoms with Gasteiger partial charge in [-0.2, -0.15) is 4.31 Å². The molecule has 1 aliphatic heterocycles. The van der Waals surface area contributed by atoms with E-state index in [-0.39, 0.29) is 23.7 Å². The highest BCUT2D eigenvalue weighted by Gasteiger charge is 2.31. The number of thiophene rings is 1. The smallest absolute Gasteiger partial charge is 0.270 e. The van der Waals surface area contributed by atoms with Gasteiger partial charge in [-0.25, -0.2) is 18.4 Å². The van der Waals surface area contributed by atoms with Crippen LogP contribution < -0.4 is 4.90 Å². The number of hydrogen-bond acceptors (Lipinski definition) is 8. The van der Waals surface area contributed by atoms with Gasteiger partial charge in [0.15, 0.2) is 0 Å². The Kier molecular flexibility index (Phi) is 4.97. The molecule has 0 bridgehead atoms. The van der Waals surface area contributed by atoms with E-state index in [9.17, 15) is 18.5 Å². The Morgan fingerprint density at radius 2 is 1.83 bits per heavy atom. The number of nitro benzene ring substituents is 1. The molecule has 1 fully saturated rings. The van der Waals surface area contributed by atoms with Crippen molar-refractivity contribution >= 4 is 43.1 Å². The zero-order valence-corrected chi connectivity index (χ0v) is 17.5. The number of aromatic nitrogens is 2. The van der Waals surface area contributed by atoms with Crippen LogP contribution in [-0.2, 0) is 10.0 Å². The second-order valence-corrected chi connectivity index (χ2v) is 10.0. The van der Waals surface area contributed by atoms with Crippen LogP contribution in [-0.4, -0.2) is 53.8 Å². The molecule has 3 aromatic rings. The van der Waals surface area contributed by atoms with Gasteiger partial charge in [0.25, 0.3) is 5.69 Å². The molecular weight excluding hydrogens is 414 g/mol. The highest BCUT2D eigenvalue weighted by molar-refractivity contribution is 7.89. The first-order chi connectivity index (χ1) is 13.8. The molecule has 1 aliphatic rings. The molecule has 152 valence electrons. The lowest BCUT2D eigenvalue weighted by atomic mass is 10.2. The van der Waals surface area contributed by atoms with E-state index < -0.39 is 14.9 Å². The van der Waals surface area contributed by atoms with Crippen molar-refractivity contribution in [3.05, 3.63) is 51.1 Å². The van der Waals surface area contributed by atoms with E-state index in [1.54, 1.807) is 18.3 Å². The number of aryl methyl sites for hydroxylation is 2. The summed E-state index contributed by atoms with van der Waals surface area (Å²) in [6, 6.07) is 5.97.